The van der Waals surface area contributed by atoms with Gasteiger partial charge in [-0.3, -0.25) is 0 Å². The fourth-order valence-corrected chi connectivity index (χ4v) is 1.89. The van der Waals surface area contributed by atoms with Crippen molar-refractivity contribution in [2.24, 2.45) is 0 Å². The monoisotopic (exact) mass is 205 g/mol. The van der Waals surface area contributed by atoms with Gasteiger partial charge in [0.25, 0.3) is 0 Å². The molecule has 0 aliphatic heterocycles. The molecule has 82 valence electrons. The van der Waals surface area contributed by atoms with E-state index in [-0.39, 0.29) is 0 Å². The second kappa shape index (κ2) is 4.77. The van der Waals surface area contributed by atoms with Crippen molar-refractivity contribution in [3.8, 4) is 0 Å². The Hall–Kier alpha value is -0.860. The van der Waals surface area contributed by atoms with Crippen LogP contribution in [-0.2, 0) is 11.3 Å². The van der Waals surface area contributed by atoms with Gasteiger partial charge in [-0.2, -0.15) is 0 Å². The molecule has 1 fully saturated rings. The van der Waals surface area contributed by atoms with Crippen molar-refractivity contribution in [2.45, 2.75) is 38.5 Å². The minimum atomic E-state index is 0.487. The third-order valence-electron chi connectivity index (χ3n) is 3.14. The molecule has 1 saturated carbocycles. The normalized spacial score (nSPS) is 24.9. The Morgan fingerprint density at radius 2 is 1.93 bits per heavy atom. The van der Waals surface area contributed by atoms with Gasteiger partial charge in [0, 0.05) is 19.7 Å². The summed E-state index contributed by atoms with van der Waals surface area (Å²) < 4.78 is 5.24. The van der Waals surface area contributed by atoms with E-state index in [4.69, 9.17) is 4.74 Å². The van der Waals surface area contributed by atoms with Gasteiger partial charge in [0.05, 0.1) is 6.10 Å². The summed E-state index contributed by atoms with van der Waals surface area (Å²) >= 11 is 0. The minimum absolute atomic E-state index is 0.487. The molecule has 1 aromatic rings. The Bertz CT molecular complexity index is 301. The Balaban J connectivity index is 1.72. The molecule has 0 unspecified atom stereocenters. The summed E-state index contributed by atoms with van der Waals surface area (Å²) in [6, 6.07) is 9.35. The second-order valence-electron chi connectivity index (χ2n) is 4.39. The van der Waals surface area contributed by atoms with Crippen molar-refractivity contribution in [1.29, 1.82) is 0 Å². The highest BCUT2D eigenvalue weighted by atomic mass is 16.5. The topological polar surface area (TPSA) is 21.3 Å². The SMILES string of the molecule is COC1CC(NCc2ccc(C)cc2)C1. The molecule has 0 radical (unpaired) electrons. The first kappa shape index (κ1) is 10.7. The molecular weight excluding hydrogens is 186 g/mol. The van der Waals surface area contributed by atoms with E-state index in [1.54, 1.807) is 7.11 Å². The fourth-order valence-electron chi connectivity index (χ4n) is 1.89. The Kier molecular flexibility index (Phi) is 3.39. The van der Waals surface area contributed by atoms with E-state index in [0.717, 1.165) is 19.4 Å². The van der Waals surface area contributed by atoms with Crippen molar-refractivity contribution < 1.29 is 4.74 Å². The molecule has 2 nitrogen and oxygen atoms in total. The number of hydrogen-bond donors (Lipinski definition) is 1. The van der Waals surface area contributed by atoms with Crippen LogP contribution >= 0.6 is 0 Å². The molecule has 1 aliphatic rings. The zero-order chi connectivity index (χ0) is 10.7. The van der Waals surface area contributed by atoms with Crippen LogP contribution in [0.3, 0.4) is 0 Å². The predicted octanol–water partition coefficient (Wildman–Crippen LogP) is 2.26. The highest BCUT2D eigenvalue weighted by molar-refractivity contribution is 5.21. The van der Waals surface area contributed by atoms with E-state index < -0.39 is 0 Å². The molecule has 0 aromatic heterocycles. The van der Waals surface area contributed by atoms with E-state index in [1.807, 2.05) is 0 Å². The van der Waals surface area contributed by atoms with Crippen LogP contribution in [-0.4, -0.2) is 19.3 Å². The van der Waals surface area contributed by atoms with Gasteiger partial charge in [-0.05, 0) is 25.3 Å². The first-order valence-electron chi connectivity index (χ1n) is 5.59. The summed E-state index contributed by atoms with van der Waals surface area (Å²) in [6.45, 7) is 3.09. The van der Waals surface area contributed by atoms with Crippen LogP contribution in [0.1, 0.15) is 24.0 Å². The maximum atomic E-state index is 5.24. The van der Waals surface area contributed by atoms with Crippen LogP contribution in [0, 0.1) is 6.92 Å². The van der Waals surface area contributed by atoms with Crippen molar-refractivity contribution in [3.63, 3.8) is 0 Å². The van der Waals surface area contributed by atoms with E-state index >= 15 is 0 Å². The molecule has 1 N–H and O–H groups in total. The molecule has 0 bridgehead atoms. The average molecular weight is 205 g/mol. The number of methoxy groups -OCH3 is 1. The van der Waals surface area contributed by atoms with Crippen LogP contribution in [0.5, 0.6) is 0 Å². The van der Waals surface area contributed by atoms with Crippen LogP contribution in [0.25, 0.3) is 0 Å². The van der Waals surface area contributed by atoms with Crippen molar-refractivity contribution >= 4 is 0 Å². The highest BCUT2D eigenvalue weighted by Crippen LogP contribution is 2.22. The van der Waals surface area contributed by atoms with Gasteiger partial charge >= 0.3 is 0 Å². The summed E-state index contributed by atoms with van der Waals surface area (Å²) in [5.74, 6) is 0. The number of ether oxygens (including phenoxy) is 1. The lowest BCUT2D eigenvalue weighted by molar-refractivity contribution is 0.0170. The highest BCUT2D eigenvalue weighted by Gasteiger charge is 2.28. The number of hydrogen-bond acceptors (Lipinski definition) is 2. The molecular formula is C13H19NO. The molecule has 0 heterocycles. The lowest BCUT2D eigenvalue weighted by Gasteiger charge is -2.34. The molecule has 2 heteroatoms. The van der Waals surface area contributed by atoms with Crippen molar-refractivity contribution in [2.75, 3.05) is 7.11 Å². The lowest BCUT2D eigenvalue weighted by atomic mass is 9.89. The Labute approximate surface area is 91.6 Å². The summed E-state index contributed by atoms with van der Waals surface area (Å²) in [4.78, 5) is 0. The van der Waals surface area contributed by atoms with Crippen LogP contribution in [0.4, 0.5) is 0 Å². The van der Waals surface area contributed by atoms with Gasteiger partial charge in [0.2, 0.25) is 0 Å². The maximum absolute atomic E-state index is 5.24. The molecule has 0 spiro atoms. The van der Waals surface area contributed by atoms with Gasteiger partial charge in [0.1, 0.15) is 0 Å². The predicted molar refractivity (Wildman–Crippen MR) is 61.8 cm³/mol. The van der Waals surface area contributed by atoms with Gasteiger partial charge < -0.3 is 10.1 Å². The first-order valence-corrected chi connectivity index (χ1v) is 5.59. The van der Waals surface area contributed by atoms with E-state index in [9.17, 15) is 0 Å². The maximum Gasteiger partial charge on any atom is 0.0601 e. The lowest BCUT2D eigenvalue weighted by Crippen LogP contribution is -2.44. The van der Waals surface area contributed by atoms with E-state index in [2.05, 4.69) is 36.5 Å². The number of nitrogens with one attached hydrogen (secondary N) is 1. The molecule has 2 rings (SSSR count). The zero-order valence-corrected chi connectivity index (χ0v) is 9.49. The van der Waals surface area contributed by atoms with Gasteiger partial charge in [-0.15, -0.1) is 0 Å². The van der Waals surface area contributed by atoms with E-state index in [0.29, 0.717) is 12.1 Å². The minimum Gasteiger partial charge on any atom is -0.381 e. The Morgan fingerprint density at radius 3 is 2.53 bits per heavy atom. The standard InChI is InChI=1S/C13H19NO/c1-10-3-5-11(6-4-10)9-14-12-7-13(8-12)15-2/h3-6,12-14H,7-9H2,1-2H3. The number of rotatable bonds is 4. The summed E-state index contributed by atoms with van der Waals surface area (Å²) in [7, 11) is 1.79. The van der Waals surface area contributed by atoms with E-state index in [1.165, 1.54) is 11.1 Å². The zero-order valence-electron chi connectivity index (χ0n) is 9.49. The summed E-state index contributed by atoms with van der Waals surface area (Å²) in [6.07, 6.45) is 2.80. The van der Waals surface area contributed by atoms with Crippen LogP contribution < -0.4 is 5.32 Å². The van der Waals surface area contributed by atoms with Gasteiger partial charge in [-0.1, -0.05) is 29.8 Å². The first-order chi connectivity index (χ1) is 7.28. The molecule has 1 aromatic carbocycles. The largest absolute Gasteiger partial charge is 0.381 e. The molecule has 0 atom stereocenters. The summed E-state index contributed by atoms with van der Waals surface area (Å²) in [5.41, 5.74) is 2.68. The number of aryl methyl sites for hydroxylation is 1. The fraction of sp³-hybridized carbons (Fsp3) is 0.538. The third-order valence-corrected chi connectivity index (χ3v) is 3.14. The second-order valence-corrected chi connectivity index (χ2v) is 4.39. The quantitative estimate of drug-likeness (QED) is 0.814. The summed E-state index contributed by atoms with van der Waals surface area (Å²) in [5, 5.41) is 3.54. The smallest absolute Gasteiger partial charge is 0.0601 e. The molecule has 0 amide bonds. The van der Waals surface area contributed by atoms with Crippen LogP contribution in [0.2, 0.25) is 0 Å². The van der Waals surface area contributed by atoms with Crippen molar-refractivity contribution in [1.82, 2.24) is 5.32 Å². The molecule has 0 saturated heterocycles. The number of benzene rings is 1. The third kappa shape index (κ3) is 2.80. The Morgan fingerprint density at radius 1 is 1.27 bits per heavy atom. The van der Waals surface area contributed by atoms with Crippen molar-refractivity contribution in [3.05, 3.63) is 35.4 Å². The van der Waals surface area contributed by atoms with Gasteiger partial charge in [0.15, 0.2) is 0 Å². The van der Waals surface area contributed by atoms with Crippen LogP contribution in [0.15, 0.2) is 24.3 Å². The average Bonchev–Trinajstić information content (AvgIpc) is 2.19. The molecule has 15 heavy (non-hydrogen) atoms. The molecule has 1 aliphatic carbocycles. The van der Waals surface area contributed by atoms with Gasteiger partial charge in [-0.25, -0.2) is 0 Å².